The number of benzene rings is 1. The number of hydrogen-bond donors (Lipinski definition) is 2. The van der Waals surface area contributed by atoms with Crippen LogP contribution in [-0.4, -0.2) is 39.7 Å². The van der Waals surface area contributed by atoms with Crippen LogP contribution < -0.4 is 10.6 Å². The Hall–Kier alpha value is -3.94. The molecule has 0 fully saturated rings. The van der Waals surface area contributed by atoms with Gasteiger partial charge in [0.15, 0.2) is 11.4 Å². The molecule has 2 amide bonds. The fraction of sp³-hybridized carbons (Fsp3) is 0.182. The van der Waals surface area contributed by atoms with Gasteiger partial charge in [-0.3, -0.25) is 9.59 Å². The van der Waals surface area contributed by atoms with Crippen LogP contribution in [0, 0.1) is 0 Å². The van der Waals surface area contributed by atoms with Crippen molar-refractivity contribution >= 4 is 22.8 Å². The second kappa shape index (κ2) is 8.60. The summed E-state index contributed by atoms with van der Waals surface area (Å²) in [5.41, 5.74) is 2.78. The molecule has 0 bridgehead atoms. The Morgan fingerprint density at radius 2 is 1.80 bits per heavy atom. The monoisotopic (exact) mass is 403 g/mol. The number of carbonyl (C=O) groups excluding carboxylic acids is 2. The molecule has 1 aromatic carbocycles. The van der Waals surface area contributed by atoms with Crippen molar-refractivity contribution in [2.75, 3.05) is 13.1 Å². The molecule has 30 heavy (non-hydrogen) atoms. The first kappa shape index (κ1) is 19.4. The highest BCUT2D eigenvalue weighted by atomic mass is 16.3. The zero-order valence-corrected chi connectivity index (χ0v) is 16.5. The van der Waals surface area contributed by atoms with Gasteiger partial charge in [-0.05, 0) is 25.1 Å². The zero-order chi connectivity index (χ0) is 20.9. The number of pyridine rings is 1. The Balaban J connectivity index is 1.52. The van der Waals surface area contributed by atoms with Gasteiger partial charge < -0.3 is 15.1 Å². The minimum absolute atomic E-state index is 0.233. The Bertz CT molecular complexity index is 1170. The first-order valence-electron chi connectivity index (χ1n) is 9.69. The smallest absolute Gasteiger partial charge is 0.287 e. The fourth-order valence-corrected chi connectivity index (χ4v) is 3.17. The van der Waals surface area contributed by atoms with E-state index in [9.17, 15) is 9.59 Å². The van der Waals surface area contributed by atoms with Gasteiger partial charge in [0.2, 0.25) is 0 Å². The van der Waals surface area contributed by atoms with Crippen LogP contribution >= 0.6 is 0 Å². The zero-order valence-electron chi connectivity index (χ0n) is 16.5. The molecule has 0 unspecified atom stereocenters. The van der Waals surface area contributed by atoms with Crippen LogP contribution in [0.3, 0.4) is 0 Å². The SMILES string of the molecule is CCn1ncc2c(C(=O)NCCNC(=O)c3ccco3)cc(-c3ccccc3)nc21. The number of nitrogens with zero attached hydrogens (tertiary/aromatic N) is 3. The molecule has 2 N–H and O–H groups in total. The summed E-state index contributed by atoms with van der Waals surface area (Å²) in [4.78, 5) is 29.5. The number of nitrogens with one attached hydrogen (secondary N) is 2. The molecule has 0 aliphatic carbocycles. The Morgan fingerprint density at radius 3 is 2.50 bits per heavy atom. The lowest BCUT2D eigenvalue weighted by atomic mass is 10.1. The molecule has 0 saturated heterocycles. The molecular weight excluding hydrogens is 382 g/mol. The highest BCUT2D eigenvalue weighted by Crippen LogP contribution is 2.24. The van der Waals surface area contributed by atoms with Crippen LogP contribution in [0.5, 0.6) is 0 Å². The average Bonchev–Trinajstić information content (AvgIpc) is 3.46. The molecule has 0 aliphatic heterocycles. The van der Waals surface area contributed by atoms with Crippen LogP contribution in [0.2, 0.25) is 0 Å². The van der Waals surface area contributed by atoms with Crippen molar-refractivity contribution in [3.8, 4) is 11.3 Å². The third-order valence-corrected chi connectivity index (χ3v) is 4.66. The van der Waals surface area contributed by atoms with Crippen LogP contribution in [0.1, 0.15) is 27.8 Å². The molecule has 3 heterocycles. The lowest BCUT2D eigenvalue weighted by molar-refractivity contribution is 0.0911. The van der Waals surface area contributed by atoms with E-state index in [4.69, 9.17) is 9.40 Å². The van der Waals surface area contributed by atoms with Gasteiger partial charge in [-0.15, -0.1) is 0 Å². The fourth-order valence-electron chi connectivity index (χ4n) is 3.17. The lowest BCUT2D eigenvalue weighted by Crippen LogP contribution is -2.34. The lowest BCUT2D eigenvalue weighted by Gasteiger charge is -2.10. The normalized spacial score (nSPS) is 10.8. The second-order valence-electron chi connectivity index (χ2n) is 6.61. The van der Waals surface area contributed by atoms with E-state index >= 15 is 0 Å². The van der Waals surface area contributed by atoms with Crippen molar-refractivity contribution in [1.29, 1.82) is 0 Å². The minimum atomic E-state index is -0.323. The van der Waals surface area contributed by atoms with Gasteiger partial charge in [0.25, 0.3) is 11.8 Å². The number of carbonyl (C=O) groups is 2. The molecule has 0 spiro atoms. The standard InChI is InChI=1S/C22H21N5O3/c1-2-27-20-17(14-25-27)16(13-18(26-20)15-7-4-3-5-8-15)21(28)23-10-11-24-22(29)19-9-6-12-30-19/h3-9,12-14H,2,10-11H2,1H3,(H,23,28)(H,24,29). The molecular formula is C22H21N5O3. The van der Waals surface area contributed by atoms with Crippen molar-refractivity contribution in [1.82, 2.24) is 25.4 Å². The molecule has 0 aliphatic rings. The van der Waals surface area contributed by atoms with Crippen molar-refractivity contribution < 1.29 is 14.0 Å². The van der Waals surface area contributed by atoms with E-state index < -0.39 is 0 Å². The molecule has 3 aromatic heterocycles. The summed E-state index contributed by atoms with van der Waals surface area (Å²) in [7, 11) is 0. The van der Waals surface area contributed by atoms with Gasteiger partial charge in [0.05, 0.1) is 29.1 Å². The van der Waals surface area contributed by atoms with E-state index in [1.165, 1.54) is 6.26 Å². The number of aromatic nitrogens is 3. The van der Waals surface area contributed by atoms with Crippen molar-refractivity contribution in [3.05, 3.63) is 72.3 Å². The van der Waals surface area contributed by atoms with Gasteiger partial charge in [-0.2, -0.15) is 5.10 Å². The first-order valence-corrected chi connectivity index (χ1v) is 9.69. The quantitative estimate of drug-likeness (QED) is 0.462. The molecule has 4 rings (SSSR count). The summed E-state index contributed by atoms with van der Waals surface area (Å²) in [6.45, 7) is 3.18. The number of furan rings is 1. The third kappa shape index (κ3) is 3.93. The average molecular weight is 403 g/mol. The van der Waals surface area contributed by atoms with E-state index in [-0.39, 0.29) is 30.7 Å². The Kier molecular flexibility index (Phi) is 5.56. The first-order chi connectivity index (χ1) is 14.7. The highest BCUT2D eigenvalue weighted by Gasteiger charge is 2.17. The summed E-state index contributed by atoms with van der Waals surface area (Å²) in [5.74, 6) is -0.338. The topological polar surface area (TPSA) is 102 Å². The predicted molar refractivity (Wildman–Crippen MR) is 112 cm³/mol. The molecule has 0 saturated carbocycles. The number of fused-ring (bicyclic) bond motifs is 1. The predicted octanol–water partition coefficient (Wildman–Crippen LogP) is 2.87. The van der Waals surface area contributed by atoms with Crippen LogP contribution in [-0.2, 0) is 6.54 Å². The van der Waals surface area contributed by atoms with Gasteiger partial charge in [0.1, 0.15) is 0 Å². The number of aryl methyl sites for hydroxylation is 1. The van der Waals surface area contributed by atoms with Gasteiger partial charge in [-0.1, -0.05) is 30.3 Å². The summed E-state index contributed by atoms with van der Waals surface area (Å²) < 4.78 is 6.81. The molecule has 152 valence electrons. The van der Waals surface area contributed by atoms with Crippen molar-refractivity contribution in [2.45, 2.75) is 13.5 Å². The molecule has 4 aromatic rings. The molecule has 8 nitrogen and oxygen atoms in total. The summed E-state index contributed by atoms with van der Waals surface area (Å²) in [6, 6.07) is 14.7. The van der Waals surface area contributed by atoms with E-state index in [1.807, 2.05) is 37.3 Å². The summed E-state index contributed by atoms with van der Waals surface area (Å²) in [6.07, 6.45) is 3.10. The van der Waals surface area contributed by atoms with Gasteiger partial charge >= 0.3 is 0 Å². The molecule has 0 radical (unpaired) electrons. The summed E-state index contributed by atoms with van der Waals surface area (Å²) in [5, 5.41) is 10.6. The van der Waals surface area contributed by atoms with Crippen LogP contribution in [0.25, 0.3) is 22.3 Å². The maximum atomic E-state index is 12.9. The summed E-state index contributed by atoms with van der Waals surface area (Å²) >= 11 is 0. The molecule has 8 heteroatoms. The van der Waals surface area contributed by atoms with E-state index in [2.05, 4.69) is 15.7 Å². The van der Waals surface area contributed by atoms with Crippen LogP contribution in [0.15, 0.2) is 65.4 Å². The largest absolute Gasteiger partial charge is 0.459 e. The van der Waals surface area contributed by atoms with Crippen molar-refractivity contribution in [2.24, 2.45) is 0 Å². The minimum Gasteiger partial charge on any atom is -0.459 e. The van der Waals surface area contributed by atoms with E-state index in [0.29, 0.717) is 28.8 Å². The number of rotatable bonds is 7. The maximum absolute atomic E-state index is 12.9. The maximum Gasteiger partial charge on any atom is 0.287 e. The highest BCUT2D eigenvalue weighted by molar-refractivity contribution is 6.06. The van der Waals surface area contributed by atoms with Gasteiger partial charge in [0, 0.05) is 25.2 Å². The third-order valence-electron chi connectivity index (χ3n) is 4.66. The Labute approximate surface area is 172 Å². The number of hydrogen-bond acceptors (Lipinski definition) is 5. The van der Waals surface area contributed by atoms with Crippen molar-refractivity contribution in [3.63, 3.8) is 0 Å². The van der Waals surface area contributed by atoms with Gasteiger partial charge in [-0.25, -0.2) is 9.67 Å². The van der Waals surface area contributed by atoms with Crippen LogP contribution in [0.4, 0.5) is 0 Å². The van der Waals surface area contributed by atoms with E-state index in [0.717, 1.165) is 5.56 Å². The second-order valence-corrected chi connectivity index (χ2v) is 6.61. The molecule has 0 atom stereocenters. The van der Waals surface area contributed by atoms with E-state index in [1.54, 1.807) is 29.1 Å². The number of amides is 2. The Morgan fingerprint density at radius 1 is 1.03 bits per heavy atom.